The third-order valence-electron chi connectivity index (χ3n) is 10.8. The number of rotatable bonds is 15. The first-order valence-electron chi connectivity index (χ1n) is 18.7. The molecular formula is C40H46N6O13. The third kappa shape index (κ3) is 8.20. The lowest BCUT2D eigenvalue weighted by atomic mass is 9.75. The average Bonchev–Trinajstić information content (AvgIpc) is 3.54. The minimum Gasteiger partial charge on any atom is -0.507 e. The second-order valence-electron chi connectivity index (χ2n) is 14.4. The standard InChI is InChI=1S/C40H46N6O13/c1-43-39(42)45-16-25-20(5-3-4-10-47)11-23-32(34(25)52)35(53)31-24(33(23)51)13-22(57-2)14-26(31)58-38-36(54)37(55)40(56,27(18-48)59-38)15-21(19-8-9-44-28(41)12-19)17-46-29(49)6-7-30(46)50/h6-9,11-14,21,27,36-38,47-48,52,54-56H,3-5,10,15-18H2,1-2H3,(H2,41,44)(H3,42,43,45). The number of benzene rings is 2. The number of hydrogen-bond donors (Lipinski definition) is 9. The molecule has 0 spiro atoms. The molecule has 11 N–H and O–H groups in total. The zero-order valence-corrected chi connectivity index (χ0v) is 32.2. The number of nitrogens with two attached hydrogens (primary N) is 2. The summed E-state index contributed by atoms with van der Waals surface area (Å²) in [4.78, 5) is 62.5. The molecule has 0 radical (unpaired) electrons. The Bertz CT molecular complexity index is 2190. The number of aliphatic imine (C=N–C) groups is 1. The van der Waals surface area contributed by atoms with Crippen LogP contribution in [0.4, 0.5) is 5.82 Å². The highest BCUT2D eigenvalue weighted by atomic mass is 16.7. The molecule has 19 nitrogen and oxygen atoms in total. The van der Waals surface area contributed by atoms with E-state index in [4.69, 9.17) is 25.7 Å². The third-order valence-corrected chi connectivity index (χ3v) is 10.8. The summed E-state index contributed by atoms with van der Waals surface area (Å²) in [6.07, 6.45) is -3.45. The number of anilines is 1. The number of aliphatic hydroxyl groups excluding tert-OH is 4. The summed E-state index contributed by atoms with van der Waals surface area (Å²) in [6.45, 7) is -1.38. The number of ether oxygens (including phenoxy) is 3. The van der Waals surface area contributed by atoms with Crippen molar-refractivity contribution in [2.24, 2.45) is 10.7 Å². The minimum absolute atomic E-state index is 0.0481. The summed E-state index contributed by atoms with van der Waals surface area (Å²) >= 11 is 0. The summed E-state index contributed by atoms with van der Waals surface area (Å²) in [7, 11) is 2.76. The summed E-state index contributed by atoms with van der Waals surface area (Å²) in [5.41, 5.74) is 9.54. The number of phenols is 1. The number of nitrogen functional groups attached to an aromatic ring is 1. The van der Waals surface area contributed by atoms with Gasteiger partial charge >= 0.3 is 0 Å². The van der Waals surface area contributed by atoms with E-state index >= 15 is 0 Å². The average molecular weight is 819 g/mol. The highest BCUT2D eigenvalue weighted by molar-refractivity contribution is 6.30. The molecule has 2 amide bonds. The second-order valence-corrected chi connectivity index (χ2v) is 14.4. The Morgan fingerprint density at radius 3 is 2.41 bits per heavy atom. The normalized spacial score (nSPS) is 23.3. The van der Waals surface area contributed by atoms with Crippen molar-refractivity contribution in [1.29, 1.82) is 0 Å². The number of ketones is 2. The van der Waals surface area contributed by atoms with Crippen molar-refractivity contribution in [3.8, 4) is 17.2 Å². The Balaban J connectivity index is 1.35. The number of guanidine groups is 1. The van der Waals surface area contributed by atoms with Crippen LogP contribution in [0, 0.1) is 0 Å². The predicted molar refractivity (Wildman–Crippen MR) is 208 cm³/mol. The lowest BCUT2D eigenvalue weighted by Gasteiger charge is -2.49. The lowest BCUT2D eigenvalue weighted by molar-refractivity contribution is -0.315. The van der Waals surface area contributed by atoms with Crippen molar-refractivity contribution in [2.75, 3.05) is 39.6 Å². The van der Waals surface area contributed by atoms with E-state index in [-0.39, 0.29) is 70.8 Å². The Labute approximate surface area is 337 Å². The minimum atomic E-state index is -2.45. The number of fused-ring (bicyclic) bond motifs is 2. The van der Waals surface area contributed by atoms with Gasteiger partial charge in [-0.05, 0) is 61.1 Å². The first-order chi connectivity index (χ1) is 28.2. The van der Waals surface area contributed by atoms with Crippen LogP contribution in [0.1, 0.15) is 73.7 Å². The Morgan fingerprint density at radius 2 is 1.76 bits per heavy atom. The van der Waals surface area contributed by atoms with Crippen LogP contribution in [0.2, 0.25) is 0 Å². The van der Waals surface area contributed by atoms with Crippen LogP contribution in [0.3, 0.4) is 0 Å². The van der Waals surface area contributed by atoms with E-state index in [9.17, 15) is 49.8 Å². The fraction of sp³-hybridized carbons (Fsp3) is 0.400. The molecule has 1 aliphatic carbocycles. The summed E-state index contributed by atoms with van der Waals surface area (Å²) < 4.78 is 17.4. The number of hydrogen-bond acceptors (Lipinski definition) is 16. The molecule has 3 heterocycles. The van der Waals surface area contributed by atoms with Crippen molar-refractivity contribution in [2.45, 2.75) is 68.3 Å². The van der Waals surface area contributed by atoms with Crippen LogP contribution in [-0.4, -0.2) is 134 Å². The summed E-state index contributed by atoms with van der Waals surface area (Å²) in [6, 6.07) is 7.02. The van der Waals surface area contributed by atoms with Crippen molar-refractivity contribution >= 4 is 35.2 Å². The molecule has 0 saturated carbocycles. The van der Waals surface area contributed by atoms with E-state index in [1.54, 1.807) is 0 Å². The van der Waals surface area contributed by atoms with E-state index < -0.39 is 78.3 Å². The highest BCUT2D eigenvalue weighted by Gasteiger charge is 2.56. The molecule has 1 saturated heterocycles. The first kappa shape index (κ1) is 42.6. The number of carbonyl (C=O) groups is 4. The Hall–Kier alpha value is -5.96. The van der Waals surface area contributed by atoms with Gasteiger partial charge in [-0.15, -0.1) is 0 Å². The zero-order valence-electron chi connectivity index (χ0n) is 32.2. The molecule has 1 fully saturated rings. The van der Waals surface area contributed by atoms with Gasteiger partial charge in [0.05, 0.1) is 24.8 Å². The number of carbonyl (C=O) groups excluding carboxylic acids is 4. The number of pyridine rings is 1. The number of amides is 2. The lowest BCUT2D eigenvalue weighted by Crippen LogP contribution is -2.68. The highest BCUT2D eigenvalue weighted by Crippen LogP contribution is 2.44. The first-order valence-corrected chi connectivity index (χ1v) is 18.7. The van der Waals surface area contributed by atoms with Crippen LogP contribution in [0.15, 0.2) is 53.7 Å². The van der Waals surface area contributed by atoms with Crippen molar-refractivity contribution in [3.05, 3.63) is 87.6 Å². The van der Waals surface area contributed by atoms with Gasteiger partial charge in [0.1, 0.15) is 47.0 Å². The van der Waals surface area contributed by atoms with Crippen LogP contribution in [0.25, 0.3) is 0 Å². The van der Waals surface area contributed by atoms with E-state index in [2.05, 4.69) is 15.3 Å². The van der Waals surface area contributed by atoms with Crippen LogP contribution in [0.5, 0.6) is 17.2 Å². The largest absolute Gasteiger partial charge is 0.507 e. The molecule has 19 heteroatoms. The molecule has 59 heavy (non-hydrogen) atoms. The van der Waals surface area contributed by atoms with E-state index in [1.165, 1.54) is 50.7 Å². The van der Waals surface area contributed by atoms with Crippen LogP contribution >= 0.6 is 0 Å². The number of methoxy groups -OCH3 is 1. The number of unbranched alkanes of at least 4 members (excludes halogenated alkanes) is 1. The predicted octanol–water partition coefficient (Wildman–Crippen LogP) is -0.850. The van der Waals surface area contributed by atoms with Gasteiger partial charge in [0, 0.05) is 73.8 Å². The van der Waals surface area contributed by atoms with Gasteiger partial charge in [-0.3, -0.25) is 29.1 Å². The maximum atomic E-state index is 14.5. The monoisotopic (exact) mass is 818 g/mol. The molecule has 3 aliphatic rings. The smallest absolute Gasteiger partial charge is 0.253 e. The van der Waals surface area contributed by atoms with Gasteiger partial charge < -0.3 is 61.6 Å². The molecule has 0 bridgehead atoms. The van der Waals surface area contributed by atoms with Gasteiger partial charge in [-0.2, -0.15) is 0 Å². The topological polar surface area (TPSA) is 310 Å². The van der Waals surface area contributed by atoms with E-state index in [1.807, 2.05) is 0 Å². The maximum absolute atomic E-state index is 14.5. The summed E-state index contributed by atoms with van der Waals surface area (Å²) in [5.74, 6) is -4.37. The fourth-order valence-electron chi connectivity index (χ4n) is 7.67. The quantitative estimate of drug-likeness (QED) is 0.0305. The van der Waals surface area contributed by atoms with E-state index in [0.717, 1.165) is 17.1 Å². The number of phenolic OH excluding ortho intramolecular Hbond substituents is 1. The van der Waals surface area contributed by atoms with E-state index in [0.29, 0.717) is 30.4 Å². The molecule has 6 atom stereocenters. The molecular weight excluding hydrogens is 772 g/mol. The van der Waals surface area contributed by atoms with Gasteiger partial charge in [-0.25, -0.2) is 4.98 Å². The van der Waals surface area contributed by atoms with Crippen molar-refractivity contribution in [3.63, 3.8) is 0 Å². The number of aliphatic hydroxyl groups is 5. The molecule has 3 aromatic rings. The molecule has 6 unspecified atom stereocenters. The fourth-order valence-corrected chi connectivity index (χ4v) is 7.67. The molecule has 2 aromatic carbocycles. The number of nitrogens with zero attached hydrogens (tertiary/aromatic N) is 3. The maximum Gasteiger partial charge on any atom is 0.253 e. The Kier molecular flexibility index (Phi) is 12.6. The van der Waals surface area contributed by atoms with Gasteiger partial charge in [0.25, 0.3) is 11.8 Å². The molecule has 2 aliphatic heterocycles. The summed E-state index contributed by atoms with van der Waals surface area (Å²) in [5, 5.41) is 69.6. The number of aryl methyl sites for hydroxylation is 1. The number of aromatic hydroxyl groups is 1. The number of nitrogens with one attached hydrogen (secondary N) is 1. The van der Waals surface area contributed by atoms with Crippen molar-refractivity contribution < 1.29 is 64.0 Å². The molecule has 6 rings (SSSR count). The Morgan fingerprint density at radius 1 is 1.05 bits per heavy atom. The van der Waals surface area contributed by atoms with Gasteiger partial charge in [0.15, 0.2) is 11.7 Å². The van der Waals surface area contributed by atoms with Crippen molar-refractivity contribution in [1.82, 2.24) is 15.2 Å². The second kappa shape index (κ2) is 17.5. The SMILES string of the molecule is CN=C(N)NCc1c(CCCCO)cc2c(c1O)C(=O)c1c(OC3OC(CO)C(O)(CC(CN4C(=O)C=CC4=O)c4ccnc(N)c4)C(O)C3O)cc(OC)cc1C2=O. The van der Waals surface area contributed by atoms with Gasteiger partial charge in [-0.1, -0.05) is 0 Å². The number of aromatic nitrogens is 1. The van der Waals surface area contributed by atoms with Crippen LogP contribution in [-0.2, 0) is 27.3 Å². The molecule has 314 valence electrons. The van der Waals surface area contributed by atoms with Gasteiger partial charge in [0.2, 0.25) is 12.1 Å². The number of imide groups is 1. The molecule has 1 aromatic heterocycles. The van der Waals surface area contributed by atoms with Crippen LogP contribution < -0.4 is 26.3 Å². The zero-order chi connectivity index (χ0) is 42.8.